The average molecular weight is 475 g/mol. The van der Waals surface area contributed by atoms with Crippen molar-refractivity contribution >= 4 is 52.3 Å². The van der Waals surface area contributed by atoms with Gasteiger partial charge in [0.2, 0.25) is 3.79 Å². The van der Waals surface area contributed by atoms with Gasteiger partial charge in [-0.2, -0.15) is 0 Å². The second-order valence-electron chi connectivity index (χ2n) is 7.55. The van der Waals surface area contributed by atoms with Crippen LogP contribution in [0.2, 0.25) is 5.02 Å². The van der Waals surface area contributed by atoms with Crippen molar-refractivity contribution in [3.05, 3.63) is 69.1 Å². The number of rotatable bonds is 3. The molecule has 1 aromatic heterocycles. The zero-order chi connectivity index (χ0) is 20.8. The van der Waals surface area contributed by atoms with Gasteiger partial charge in [-0.25, -0.2) is 0 Å². The minimum Gasteiger partial charge on any atom is -0.332 e. The molecule has 3 heterocycles. The topological polar surface area (TPSA) is 54.3 Å². The van der Waals surface area contributed by atoms with Crippen LogP contribution in [0.15, 0.2) is 47.3 Å². The number of carbonyl (C=O) groups is 1. The van der Waals surface area contributed by atoms with E-state index in [9.17, 15) is 9.59 Å². The number of amides is 1. The molecule has 4 rings (SSSR count). The molecular formula is C20H19Cl4N3O2. The van der Waals surface area contributed by atoms with E-state index in [4.69, 9.17) is 46.4 Å². The van der Waals surface area contributed by atoms with E-state index in [1.807, 2.05) is 15.5 Å². The summed E-state index contributed by atoms with van der Waals surface area (Å²) in [6.45, 7) is 1.80. The van der Waals surface area contributed by atoms with Crippen LogP contribution in [0.25, 0.3) is 0 Å². The monoisotopic (exact) mass is 473 g/mol. The number of nitrogens with one attached hydrogen (secondary N) is 1. The van der Waals surface area contributed by atoms with Crippen LogP contribution in [-0.4, -0.2) is 38.4 Å². The lowest BCUT2D eigenvalue weighted by Crippen LogP contribution is -2.60. The van der Waals surface area contributed by atoms with Crippen LogP contribution in [0.5, 0.6) is 0 Å². The van der Waals surface area contributed by atoms with Crippen molar-refractivity contribution < 1.29 is 4.79 Å². The van der Waals surface area contributed by atoms with Crippen LogP contribution in [0.1, 0.15) is 28.4 Å². The van der Waals surface area contributed by atoms with E-state index in [1.54, 1.807) is 36.4 Å². The maximum atomic E-state index is 12.8. The lowest BCUT2D eigenvalue weighted by molar-refractivity contribution is 0.0586. The summed E-state index contributed by atoms with van der Waals surface area (Å²) in [6.07, 6.45) is 0.133. The molecule has 0 radical (unpaired) electrons. The normalized spacial score (nSPS) is 22.6. The molecule has 1 N–H and O–H groups in total. The van der Waals surface area contributed by atoms with Gasteiger partial charge in [0.25, 0.3) is 11.5 Å². The summed E-state index contributed by atoms with van der Waals surface area (Å²) in [7, 11) is 0. The van der Waals surface area contributed by atoms with Crippen molar-refractivity contribution in [1.29, 1.82) is 0 Å². The Kier molecular flexibility index (Phi) is 5.88. The molecule has 2 aromatic rings. The molecule has 5 nitrogen and oxygen atoms in total. The molecule has 1 amide bonds. The molecule has 1 fully saturated rings. The lowest BCUT2D eigenvalue weighted by Gasteiger charge is -2.47. The summed E-state index contributed by atoms with van der Waals surface area (Å²) in [4.78, 5) is 27.0. The first-order valence-corrected chi connectivity index (χ1v) is 10.8. The minimum atomic E-state index is -1.74. The van der Waals surface area contributed by atoms with E-state index >= 15 is 0 Å². The molecule has 0 spiro atoms. The summed E-state index contributed by atoms with van der Waals surface area (Å²) >= 11 is 25.0. The van der Waals surface area contributed by atoms with E-state index in [2.05, 4.69) is 5.32 Å². The third-order valence-corrected chi connectivity index (χ3v) is 6.52. The first-order chi connectivity index (χ1) is 13.7. The summed E-state index contributed by atoms with van der Waals surface area (Å²) < 4.78 is 0.0990. The predicted molar refractivity (Wildman–Crippen MR) is 116 cm³/mol. The van der Waals surface area contributed by atoms with Gasteiger partial charge in [0.1, 0.15) is 6.17 Å². The second-order valence-corrected chi connectivity index (χ2v) is 10.3. The number of halogens is 4. The number of likely N-dealkylation sites (tertiary alicyclic amines) is 1. The van der Waals surface area contributed by atoms with Gasteiger partial charge in [-0.1, -0.05) is 64.6 Å². The Morgan fingerprint density at radius 2 is 1.83 bits per heavy atom. The highest BCUT2D eigenvalue weighted by Gasteiger charge is 2.44. The van der Waals surface area contributed by atoms with Crippen molar-refractivity contribution in [2.75, 3.05) is 13.1 Å². The third kappa shape index (κ3) is 4.30. The Morgan fingerprint density at radius 1 is 1.07 bits per heavy atom. The van der Waals surface area contributed by atoms with E-state index in [1.165, 1.54) is 0 Å². The van der Waals surface area contributed by atoms with Gasteiger partial charge in [-0.05, 0) is 30.5 Å². The van der Waals surface area contributed by atoms with Crippen molar-refractivity contribution in [3.63, 3.8) is 0 Å². The fraction of sp³-hybridized carbons (Fsp3) is 0.400. The Labute approximate surface area is 188 Å². The molecule has 0 saturated carbocycles. The van der Waals surface area contributed by atoms with Gasteiger partial charge in [-0.15, -0.1) is 0 Å². The number of hydrogen-bond acceptors (Lipinski definition) is 3. The molecule has 1 saturated heterocycles. The van der Waals surface area contributed by atoms with E-state index in [0.717, 1.165) is 12.1 Å². The molecule has 2 aliphatic rings. The number of benzene rings is 1. The number of alkyl halides is 3. The number of pyridine rings is 1. The van der Waals surface area contributed by atoms with Crippen LogP contribution in [-0.2, 0) is 6.54 Å². The SMILES string of the molecule is O=C(NC(N1CC2CC(C1)c1cccc(=O)n1C2)C(Cl)(Cl)Cl)c1ccccc1Cl. The molecule has 154 valence electrons. The highest BCUT2D eigenvalue weighted by Crippen LogP contribution is 2.40. The standard InChI is InChI=1S/C20H19Cl4N3O2/c21-15-5-2-1-4-14(15)18(29)25-19(20(22,23)24)26-9-12-8-13(11-26)16-6-3-7-17(28)27(16)10-12/h1-7,12-13,19H,8-11H2,(H,25,29). The van der Waals surface area contributed by atoms with Crippen molar-refractivity contribution in [3.8, 4) is 0 Å². The van der Waals surface area contributed by atoms with Crippen molar-refractivity contribution in [2.24, 2.45) is 5.92 Å². The van der Waals surface area contributed by atoms with E-state index in [-0.39, 0.29) is 17.4 Å². The van der Waals surface area contributed by atoms with Gasteiger partial charge in [0.15, 0.2) is 0 Å². The maximum absolute atomic E-state index is 12.8. The zero-order valence-electron chi connectivity index (χ0n) is 15.3. The average Bonchev–Trinajstić information content (AvgIpc) is 2.66. The van der Waals surface area contributed by atoms with E-state index < -0.39 is 15.9 Å². The van der Waals surface area contributed by atoms with Crippen LogP contribution in [0.3, 0.4) is 0 Å². The Balaban J connectivity index is 1.60. The maximum Gasteiger partial charge on any atom is 0.254 e. The Bertz CT molecular complexity index is 988. The minimum absolute atomic E-state index is 0.00981. The van der Waals surface area contributed by atoms with Gasteiger partial charge in [0, 0.05) is 37.3 Å². The molecule has 1 aromatic carbocycles. The van der Waals surface area contributed by atoms with Gasteiger partial charge in [-0.3, -0.25) is 14.5 Å². The number of nitrogens with zero attached hydrogens (tertiary/aromatic N) is 2. The van der Waals surface area contributed by atoms with Crippen molar-refractivity contribution in [2.45, 2.75) is 28.8 Å². The molecule has 29 heavy (non-hydrogen) atoms. The number of fused-ring (bicyclic) bond motifs is 4. The quantitative estimate of drug-likeness (QED) is 0.682. The highest BCUT2D eigenvalue weighted by atomic mass is 35.6. The summed E-state index contributed by atoms with van der Waals surface area (Å²) in [6, 6.07) is 12.1. The Hall–Kier alpha value is -1.24. The van der Waals surface area contributed by atoms with Gasteiger partial charge >= 0.3 is 0 Å². The summed E-state index contributed by atoms with van der Waals surface area (Å²) in [5.74, 6) is -0.0452. The third-order valence-electron chi connectivity index (χ3n) is 5.57. The molecule has 2 aliphatic heterocycles. The van der Waals surface area contributed by atoms with E-state index in [0.29, 0.717) is 30.2 Å². The first-order valence-electron chi connectivity index (χ1n) is 9.30. The fourth-order valence-electron chi connectivity index (χ4n) is 4.37. The summed E-state index contributed by atoms with van der Waals surface area (Å²) in [5, 5.41) is 3.18. The molecule has 2 bridgehead atoms. The molecule has 0 aliphatic carbocycles. The van der Waals surface area contributed by atoms with Crippen LogP contribution in [0, 0.1) is 5.92 Å². The fourth-order valence-corrected chi connectivity index (χ4v) is 5.17. The van der Waals surface area contributed by atoms with Crippen LogP contribution < -0.4 is 10.9 Å². The number of aromatic nitrogens is 1. The lowest BCUT2D eigenvalue weighted by atomic mass is 9.83. The number of piperidine rings is 1. The molecule has 3 atom stereocenters. The number of carbonyl (C=O) groups excluding carboxylic acids is 1. The molecular weight excluding hydrogens is 456 g/mol. The predicted octanol–water partition coefficient (Wildman–Crippen LogP) is 4.05. The molecule has 3 unspecified atom stereocenters. The van der Waals surface area contributed by atoms with Gasteiger partial charge < -0.3 is 9.88 Å². The number of hydrogen-bond donors (Lipinski definition) is 1. The highest BCUT2D eigenvalue weighted by molar-refractivity contribution is 6.68. The smallest absolute Gasteiger partial charge is 0.254 e. The molecule has 9 heteroatoms. The zero-order valence-corrected chi connectivity index (χ0v) is 18.3. The largest absolute Gasteiger partial charge is 0.332 e. The summed E-state index contributed by atoms with van der Waals surface area (Å²) in [5.41, 5.74) is 1.32. The first kappa shape index (κ1) is 21.0. The second kappa shape index (κ2) is 8.12. The van der Waals surface area contributed by atoms with Crippen LogP contribution >= 0.6 is 46.4 Å². The van der Waals surface area contributed by atoms with Crippen molar-refractivity contribution in [1.82, 2.24) is 14.8 Å². The Morgan fingerprint density at radius 3 is 2.55 bits per heavy atom. The van der Waals surface area contributed by atoms with Crippen LogP contribution in [0.4, 0.5) is 0 Å². The van der Waals surface area contributed by atoms with Gasteiger partial charge in [0.05, 0.1) is 10.6 Å².